The minimum atomic E-state index is -0.0422. The van der Waals surface area contributed by atoms with Crippen molar-refractivity contribution in [3.8, 4) is 0 Å². The molecule has 3 nitrogen and oxygen atoms in total. The normalized spacial score (nSPS) is 13.8. The van der Waals surface area contributed by atoms with Crippen LogP contribution in [0.4, 0.5) is 0 Å². The van der Waals surface area contributed by atoms with Gasteiger partial charge in [0.15, 0.2) is 0 Å². The summed E-state index contributed by atoms with van der Waals surface area (Å²) >= 11 is 0. The average molecular weight is 223 g/mol. The molecule has 2 N–H and O–H groups in total. The van der Waals surface area contributed by atoms with Crippen molar-refractivity contribution in [1.29, 1.82) is 0 Å². The molecule has 0 aliphatic rings. The fourth-order valence-corrected chi connectivity index (χ4v) is 1.84. The first-order valence-electron chi connectivity index (χ1n) is 5.65. The molecule has 1 aromatic heterocycles. The molecule has 0 saturated carbocycles. The maximum absolute atomic E-state index is 11.7. The van der Waals surface area contributed by atoms with E-state index in [1.54, 1.807) is 12.5 Å². The minimum absolute atomic E-state index is 0.0422. The molecular weight excluding hydrogens is 202 g/mol. The highest BCUT2D eigenvalue weighted by atomic mass is 16.3. The van der Waals surface area contributed by atoms with Crippen LogP contribution in [0.5, 0.6) is 0 Å². The van der Waals surface area contributed by atoms with Gasteiger partial charge in [0.05, 0.1) is 12.5 Å². The van der Waals surface area contributed by atoms with Crippen LogP contribution in [0.25, 0.3) is 0 Å². The number of carbonyl (C=O) groups excluding carboxylic acids is 1. The summed E-state index contributed by atoms with van der Waals surface area (Å²) in [7, 11) is 0. The Kier molecular flexibility index (Phi) is 4.30. The third-order valence-corrected chi connectivity index (χ3v) is 2.35. The lowest BCUT2D eigenvalue weighted by molar-refractivity contribution is -0.118. The van der Waals surface area contributed by atoms with Crippen LogP contribution in [0.2, 0.25) is 0 Å². The van der Waals surface area contributed by atoms with Crippen molar-refractivity contribution in [1.82, 2.24) is 0 Å². The van der Waals surface area contributed by atoms with Crippen LogP contribution in [0, 0.1) is 5.41 Å². The van der Waals surface area contributed by atoms with Crippen molar-refractivity contribution in [3.05, 3.63) is 24.2 Å². The minimum Gasteiger partial charge on any atom is -0.472 e. The zero-order valence-electron chi connectivity index (χ0n) is 10.3. The largest absolute Gasteiger partial charge is 0.472 e. The Labute approximate surface area is 97.0 Å². The fraction of sp³-hybridized carbons (Fsp3) is 0.615. The lowest BCUT2D eigenvalue weighted by Crippen LogP contribution is -2.29. The molecule has 0 aliphatic carbocycles. The quantitative estimate of drug-likeness (QED) is 0.834. The molecule has 1 atom stereocenters. The second-order valence-corrected chi connectivity index (χ2v) is 5.58. The van der Waals surface area contributed by atoms with Crippen LogP contribution >= 0.6 is 0 Å². The van der Waals surface area contributed by atoms with E-state index in [9.17, 15) is 4.79 Å². The van der Waals surface area contributed by atoms with Crippen molar-refractivity contribution < 1.29 is 9.21 Å². The van der Waals surface area contributed by atoms with Crippen LogP contribution in [0.1, 0.15) is 39.2 Å². The first-order valence-corrected chi connectivity index (χ1v) is 5.65. The van der Waals surface area contributed by atoms with Gasteiger partial charge < -0.3 is 10.2 Å². The fourth-order valence-electron chi connectivity index (χ4n) is 1.84. The van der Waals surface area contributed by atoms with E-state index in [0.717, 1.165) is 12.0 Å². The van der Waals surface area contributed by atoms with Gasteiger partial charge in [-0.25, -0.2) is 0 Å². The van der Waals surface area contributed by atoms with Gasteiger partial charge in [-0.2, -0.15) is 0 Å². The molecule has 0 radical (unpaired) electrons. The molecule has 0 saturated heterocycles. The highest BCUT2D eigenvalue weighted by molar-refractivity contribution is 5.81. The van der Waals surface area contributed by atoms with Crippen LogP contribution in [-0.2, 0) is 11.2 Å². The van der Waals surface area contributed by atoms with Crippen molar-refractivity contribution in [2.75, 3.05) is 0 Å². The van der Waals surface area contributed by atoms with Crippen molar-refractivity contribution in [2.45, 2.75) is 46.1 Å². The zero-order valence-corrected chi connectivity index (χ0v) is 10.3. The van der Waals surface area contributed by atoms with Gasteiger partial charge in [0.2, 0.25) is 0 Å². The predicted molar refractivity (Wildman–Crippen MR) is 64.1 cm³/mol. The van der Waals surface area contributed by atoms with Gasteiger partial charge in [0, 0.05) is 18.9 Å². The van der Waals surface area contributed by atoms with Crippen LogP contribution in [-0.4, -0.2) is 11.8 Å². The van der Waals surface area contributed by atoms with E-state index in [-0.39, 0.29) is 17.2 Å². The number of hydrogen-bond donors (Lipinski definition) is 1. The zero-order chi connectivity index (χ0) is 12.2. The number of furan rings is 1. The van der Waals surface area contributed by atoms with E-state index in [1.807, 2.05) is 6.07 Å². The van der Waals surface area contributed by atoms with E-state index in [1.165, 1.54) is 0 Å². The molecule has 1 heterocycles. The number of hydrogen-bond acceptors (Lipinski definition) is 3. The third kappa shape index (κ3) is 5.12. The Morgan fingerprint density at radius 3 is 2.69 bits per heavy atom. The van der Waals surface area contributed by atoms with Crippen molar-refractivity contribution in [3.63, 3.8) is 0 Å². The molecule has 1 unspecified atom stereocenters. The first-order chi connectivity index (χ1) is 7.37. The summed E-state index contributed by atoms with van der Waals surface area (Å²) in [6.07, 6.45) is 4.92. The Morgan fingerprint density at radius 2 is 2.19 bits per heavy atom. The van der Waals surface area contributed by atoms with Crippen molar-refractivity contribution in [2.24, 2.45) is 11.1 Å². The number of carbonyl (C=O) groups is 1. The van der Waals surface area contributed by atoms with E-state index >= 15 is 0 Å². The summed E-state index contributed by atoms with van der Waals surface area (Å²) in [4.78, 5) is 11.7. The molecule has 0 fully saturated rings. The molecule has 0 aliphatic heterocycles. The maximum atomic E-state index is 11.7. The molecule has 0 spiro atoms. The van der Waals surface area contributed by atoms with E-state index in [0.29, 0.717) is 12.8 Å². The third-order valence-electron chi connectivity index (χ3n) is 2.35. The standard InChI is InChI=1S/C13H21NO2/c1-13(2,3)8-11(14)7-12(15)6-10-4-5-16-9-10/h4-5,9,11H,6-8,14H2,1-3H3. The second kappa shape index (κ2) is 5.30. The topological polar surface area (TPSA) is 56.2 Å². The molecule has 0 aromatic carbocycles. The Bertz CT molecular complexity index is 322. The highest BCUT2D eigenvalue weighted by Gasteiger charge is 2.18. The lowest BCUT2D eigenvalue weighted by atomic mass is 9.86. The summed E-state index contributed by atoms with van der Waals surface area (Å²) in [6, 6.07) is 1.77. The lowest BCUT2D eigenvalue weighted by Gasteiger charge is -2.22. The number of rotatable bonds is 5. The Hall–Kier alpha value is -1.09. The molecular formula is C13H21NO2. The molecule has 3 heteroatoms. The van der Waals surface area contributed by atoms with Gasteiger partial charge in [-0.15, -0.1) is 0 Å². The molecule has 16 heavy (non-hydrogen) atoms. The molecule has 1 aromatic rings. The SMILES string of the molecule is CC(C)(C)CC(N)CC(=O)Cc1ccoc1. The average Bonchev–Trinajstić information content (AvgIpc) is 2.51. The monoisotopic (exact) mass is 223 g/mol. The van der Waals surface area contributed by atoms with Crippen LogP contribution < -0.4 is 5.73 Å². The summed E-state index contributed by atoms with van der Waals surface area (Å²) in [5.74, 6) is 0.179. The Morgan fingerprint density at radius 1 is 1.50 bits per heavy atom. The highest BCUT2D eigenvalue weighted by Crippen LogP contribution is 2.21. The van der Waals surface area contributed by atoms with Crippen molar-refractivity contribution >= 4 is 5.78 Å². The van der Waals surface area contributed by atoms with E-state index < -0.39 is 0 Å². The number of Topliss-reactive ketones (excluding diaryl/α,β-unsaturated/α-hetero) is 1. The van der Waals surface area contributed by atoms with E-state index in [2.05, 4.69) is 20.8 Å². The molecule has 0 bridgehead atoms. The van der Waals surface area contributed by atoms with Gasteiger partial charge in [-0.3, -0.25) is 4.79 Å². The molecule has 0 amide bonds. The predicted octanol–water partition coefficient (Wildman–Crippen LogP) is 2.54. The van der Waals surface area contributed by atoms with Gasteiger partial charge in [0.25, 0.3) is 0 Å². The first kappa shape index (κ1) is 13.0. The summed E-state index contributed by atoms with van der Waals surface area (Å²) in [6.45, 7) is 6.40. The summed E-state index contributed by atoms with van der Waals surface area (Å²) in [5.41, 5.74) is 7.05. The number of nitrogens with two attached hydrogens (primary N) is 1. The maximum Gasteiger partial charge on any atom is 0.138 e. The van der Waals surface area contributed by atoms with Crippen LogP contribution in [0.15, 0.2) is 23.0 Å². The van der Waals surface area contributed by atoms with Gasteiger partial charge in [0.1, 0.15) is 5.78 Å². The van der Waals surface area contributed by atoms with E-state index in [4.69, 9.17) is 10.2 Å². The Balaban J connectivity index is 2.34. The number of ketones is 1. The second-order valence-electron chi connectivity index (χ2n) is 5.58. The smallest absolute Gasteiger partial charge is 0.138 e. The van der Waals surface area contributed by atoms with Crippen LogP contribution in [0.3, 0.4) is 0 Å². The molecule has 90 valence electrons. The summed E-state index contributed by atoms with van der Waals surface area (Å²) < 4.78 is 4.92. The van der Waals surface area contributed by atoms with Gasteiger partial charge >= 0.3 is 0 Å². The van der Waals surface area contributed by atoms with Gasteiger partial charge in [-0.05, 0) is 23.5 Å². The summed E-state index contributed by atoms with van der Waals surface area (Å²) in [5, 5.41) is 0. The molecule has 1 rings (SSSR count). The van der Waals surface area contributed by atoms with Gasteiger partial charge in [-0.1, -0.05) is 20.8 Å².